The molecule has 2 aromatic rings. The molecule has 6 nitrogen and oxygen atoms in total. The van der Waals surface area contributed by atoms with Gasteiger partial charge >= 0.3 is 11.9 Å². The summed E-state index contributed by atoms with van der Waals surface area (Å²) in [5.74, 6) is -0.0859. The smallest absolute Gasteiger partial charge is 0.343 e. The Morgan fingerprint density at radius 1 is 0.885 bits per heavy atom. The van der Waals surface area contributed by atoms with Gasteiger partial charge in [0.1, 0.15) is 18.1 Å². The average molecular weight is 358 g/mol. The molecule has 0 aliphatic heterocycles. The van der Waals surface area contributed by atoms with Crippen LogP contribution in [-0.4, -0.2) is 38.4 Å². The van der Waals surface area contributed by atoms with E-state index in [2.05, 4.69) is 0 Å². The Hall–Kier alpha value is -2.86. The predicted molar refractivity (Wildman–Crippen MR) is 95.8 cm³/mol. The van der Waals surface area contributed by atoms with Gasteiger partial charge in [0.25, 0.3) is 0 Å². The largest absolute Gasteiger partial charge is 0.491 e. The number of hydrogen-bond donors (Lipinski definition) is 0. The topological polar surface area (TPSA) is 71.1 Å². The van der Waals surface area contributed by atoms with Crippen molar-refractivity contribution in [3.05, 3.63) is 59.7 Å². The Bertz CT molecular complexity index is 736. The Balaban J connectivity index is 2.00. The third-order valence-corrected chi connectivity index (χ3v) is 3.26. The third-order valence-electron chi connectivity index (χ3n) is 3.26. The number of carbonyl (C=O) groups excluding carboxylic acids is 2. The molecular formula is C20H22O6. The highest BCUT2D eigenvalue weighted by molar-refractivity contribution is 5.92. The average Bonchev–Trinajstić information content (AvgIpc) is 2.62. The van der Waals surface area contributed by atoms with Gasteiger partial charge in [-0.2, -0.15) is 0 Å². The highest BCUT2D eigenvalue weighted by atomic mass is 16.6. The summed E-state index contributed by atoms with van der Waals surface area (Å²) in [6.45, 7) is 4.33. The highest BCUT2D eigenvalue weighted by Crippen LogP contribution is 2.18. The minimum Gasteiger partial charge on any atom is -0.491 e. The molecular weight excluding hydrogens is 336 g/mol. The first kappa shape index (κ1) is 19.5. The molecule has 0 N–H and O–H groups in total. The van der Waals surface area contributed by atoms with E-state index in [1.165, 1.54) is 13.2 Å². The van der Waals surface area contributed by atoms with Gasteiger partial charge in [-0.25, -0.2) is 9.59 Å². The molecule has 6 heteroatoms. The van der Waals surface area contributed by atoms with Crippen molar-refractivity contribution in [1.82, 2.24) is 0 Å². The van der Waals surface area contributed by atoms with E-state index in [0.29, 0.717) is 23.5 Å². The minimum atomic E-state index is -0.522. The van der Waals surface area contributed by atoms with Crippen molar-refractivity contribution in [2.75, 3.05) is 20.3 Å². The van der Waals surface area contributed by atoms with E-state index in [9.17, 15) is 9.59 Å². The van der Waals surface area contributed by atoms with Crippen LogP contribution in [0.5, 0.6) is 11.5 Å². The lowest BCUT2D eigenvalue weighted by Gasteiger charge is -2.10. The SMILES string of the molecule is COCCOC(=O)c1cccc(OC(=O)c2ccc(OC(C)C)cc2)c1. The van der Waals surface area contributed by atoms with Crippen molar-refractivity contribution in [1.29, 1.82) is 0 Å². The lowest BCUT2D eigenvalue weighted by Crippen LogP contribution is -2.11. The fourth-order valence-corrected chi connectivity index (χ4v) is 2.10. The molecule has 0 saturated heterocycles. The fourth-order valence-electron chi connectivity index (χ4n) is 2.10. The molecule has 0 bridgehead atoms. The monoisotopic (exact) mass is 358 g/mol. The molecule has 0 spiro atoms. The summed E-state index contributed by atoms with van der Waals surface area (Å²) in [6, 6.07) is 12.9. The molecule has 0 fully saturated rings. The first-order chi connectivity index (χ1) is 12.5. The van der Waals surface area contributed by atoms with E-state index in [4.69, 9.17) is 18.9 Å². The predicted octanol–water partition coefficient (Wildman–Crippen LogP) is 3.50. The molecule has 0 amide bonds. The molecule has 0 aromatic heterocycles. The lowest BCUT2D eigenvalue weighted by atomic mass is 10.2. The van der Waals surface area contributed by atoms with Gasteiger partial charge in [-0.3, -0.25) is 0 Å². The zero-order valence-electron chi connectivity index (χ0n) is 15.1. The van der Waals surface area contributed by atoms with Crippen LogP contribution in [0.3, 0.4) is 0 Å². The molecule has 2 aromatic carbocycles. The second-order valence-corrected chi connectivity index (χ2v) is 5.74. The van der Waals surface area contributed by atoms with Crippen LogP contribution < -0.4 is 9.47 Å². The van der Waals surface area contributed by atoms with Crippen LogP contribution in [0.2, 0.25) is 0 Å². The number of rotatable bonds is 8. The molecule has 0 saturated carbocycles. The van der Waals surface area contributed by atoms with Crippen molar-refractivity contribution in [3.8, 4) is 11.5 Å². The summed E-state index contributed by atoms with van der Waals surface area (Å²) in [6.07, 6.45) is 0.0548. The zero-order chi connectivity index (χ0) is 18.9. The van der Waals surface area contributed by atoms with Crippen LogP contribution in [0.25, 0.3) is 0 Å². The van der Waals surface area contributed by atoms with Crippen LogP contribution in [0.4, 0.5) is 0 Å². The Morgan fingerprint density at radius 2 is 1.62 bits per heavy atom. The van der Waals surface area contributed by atoms with Gasteiger partial charge in [-0.05, 0) is 56.3 Å². The minimum absolute atomic E-state index is 0.0548. The molecule has 0 aliphatic carbocycles. The first-order valence-corrected chi connectivity index (χ1v) is 8.24. The highest BCUT2D eigenvalue weighted by Gasteiger charge is 2.12. The van der Waals surface area contributed by atoms with Gasteiger partial charge in [0.05, 0.1) is 23.8 Å². The Labute approximate surface area is 152 Å². The summed E-state index contributed by atoms with van der Waals surface area (Å²) >= 11 is 0. The fraction of sp³-hybridized carbons (Fsp3) is 0.300. The number of hydrogen-bond acceptors (Lipinski definition) is 6. The van der Waals surface area contributed by atoms with Crippen LogP contribution in [0.15, 0.2) is 48.5 Å². The second-order valence-electron chi connectivity index (χ2n) is 5.74. The van der Waals surface area contributed by atoms with Crippen LogP contribution in [0, 0.1) is 0 Å². The normalized spacial score (nSPS) is 10.5. The van der Waals surface area contributed by atoms with Crippen molar-refractivity contribution >= 4 is 11.9 Å². The van der Waals surface area contributed by atoms with Crippen molar-refractivity contribution in [2.45, 2.75) is 20.0 Å². The van der Waals surface area contributed by atoms with E-state index in [0.717, 1.165) is 0 Å². The lowest BCUT2D eigenvalue weighted by molar-refractivity contribution is 0.0387. The third kappa shape index (κ3) is 5.89. The van der Waals surface area contributed by atoms with Crippen molar-refractivity contribution in [3.63, 3.8) is 0 Å². The van der Waals surface area contributed by atoms with Crippen molar-refractivity contribution < 1.29 is 28.5 Å². The first-order valence-electron chi connectivity index (χ1n) is 8.24. The number of carbonyl (C=O) groups is 2. The van der Waals surface area contributed by atoms with Crippen LogP contribution in [-0.2, 0) is 9.47 Å². The van der Waals surface area contributed by atoms with E-state index in [1.807, 2.05) is 13.8 Å². The van der Waals surface area contributed by atoms with Crippen LogP contribution in [0.1, 0.15) is 34.6 Å². The van der Waals surface area contributed by atoms with E-state index in [1.54, 1.807) is 42.5 Å². The summed E-state index contributed by atoms with van der Waals surface area (Å²) in [5.41, 5.74) is 0.682. The summed E-state index contributed by atoms with van der Waals surface area (Å²) in [4.78, 5) is 24.2. The molecule has 138 valence electrons. The molecule has 0 atom stereocenters. The number of methoxy groups -OCH3 is 1. The van der Waals surface area contributed by atoms with Gasteiger partial charge in [0.15, 0.2) is 0 Å². The number of benzene rings is 2. The van der Waals surface area contributed by atoms with E-state index < -0.39 is 11.9 Å². The molecule has 0 aliphatic rings. The quantitative estimate of drug-likeness (QED) is 0.409. The Morgan fingerprint density at radius 3 is 2.27 bits per heavy atom. The summed E-state index contributed by atoms with van der Waals surface area (Å²) < 4.78 is 20.7. The van der Waals surface area contributed by atoms with Gasteiger partial charge in [-0.15, -0.1) is 0 Å². The molecule has 26 heavy (non-hydrogen) atoms. The zero-order valence-corrected chi connectivity index (χ0v) is 15.1. The maximum atomic E-state index is 12.2. The van der Waals surface area contributed by atoms with Gasteiger partial charge in [0, 0.05) is 7.11 Å². The maximum Gasteiger partial charge on any atom is 0.343 e. The summed E-state index contributed by atoms with van der Waals surface area (Å²) in [7, 11) is 1.52. The molecule has 0 radical (unpaired) electrons. The summed E-state index contributed by atoms with van der Waals surface area (Å²) in [5, 5.41) is 0. The van der Waals surface area contributed by atoms with Gasteiger partial charge in [0.2, 0.25) is 0 Å². The number of ether oxygens (including phenoxy) is 4. The van der Waals surface area contributed by atoms with Crippen molar-refractivity contribution in [2.24, 2.45) is 0 Å². The number of esters is 2. The van der Waals surface area contributed by atoms with Gasteiger partial charge < -0.3 is 18.9 Å². The maximum absolute atomic E-state index is 12.2. The molecule has 0 heterocycles. The van der Waals surface area contributed by atoms with E-state index >= 15 is 0 Å². The van der Waals surface area contributed by atoms with Crippen LogP contribution >= 0.6 is 0 Å². The van der Waals surface area contributed by atoms with E-state index in [-0.39, 0.29) is 18.5 Å². The van der Waals surface area contributed by atoms with Gasteiger partial charge in [-0.1, -0.05) is 6.07 Å². The molecule has 0 unspecified atom stereocenters. The molecule has 2 rings (SSSR count). The Kier molecular flexibility index (Phi) is 7.17. The second kappa shape index (κ2) is 9.58. The standard InChI is InChI=1S/C20H22O6/c1-14(2)25-17-9-7-15(8-10-17)20(22)26-18-6-4-5-16(13-18)19(21)24-12-11-23-3/h4-10,13-14H,11-12H2,1-3H3.